The Balaban J connectivity index is 1.45. The molecule has 5 heteroatoms. The lowest BCUT2D eigenvalue weighted by Crippen LogP contribution is -2.47. The lowest BCUT2D eigenvalue weighted by atomic mass is 9.99. The average Bonchev–Trinajstić information content (AvgIpc) is 3.18. The van der Waals surface area contributed by atoms with Gasteiger partial charge in [-0.2, -0.15) is 0 Å². The van der Waals surface area contributed by atoms with Gasteiger partial charge in [0.15, 0.2) is 0 Å². The summed E-state index contributed by atoms with van der Waals surface area (Å²) in [6.07, 6.45) is 4.88. The zero-order valence-corrected chi connectivity index (χ0v) is 14.7. The van der Waals surface area contributed by atoms with Gasteiger partial charge in [-0.25, -0.2) is 0 Å². The van der Waals surface area contributed by atoms with Gasteiger partial charge in [-0.15, -0.1) is 11.3 Å². The molecule has 0 spiro atoms. The Bertz CT molecular complexity index is 556. The first-order chi connectivity index (χ1) is 11.2. The van der Waals surface area contributed by atoms with Gasteiger partial charge in [-0.1, -0.05) is 6.92 Å². The summed E-state index contributed by atoms with van der Waals surface area (Å²) >= 11 is 1.74. The number of carbonyl (C=O) groups excluding carboxylic acids is 1. The molecule has 2 saturated heterocycles. The lowest BCUT2D eigenvalue weighted by molar-refractivity contribution is 0.0119. The number of aryl methyl sites for hydroxylation is 2. The highest BCUT2D eigenvalue weighted by molar-refractivity contribution is 7.14. The highest BCUT2D eigenvalue weighted by Gasteiger charge is 2.37. The molecule has 0 saturated carbocycles. The number of amides is 1. The number of likely N-dealkylation sites (tertiary alicyclic amines) is 1. The van der Waals surface area contributed by atoms with Crippen molar-refractivity contribution < 1.29 is 9.53 Å². The van der Waals surface area contributed by atoms with Gasteiger partial charge in [0.05, 0.1) is 18.1 Å². The number of nitrogens with zero attached hydrogens (tertiary/aromatic N) is 2. The summed E-state index contributed by atoms with van der Waals surface area (Å²) in [5.41, 5.74) is 1.43. The first-order valence-corrected chi connectivity index (χ1v) is 9.76. The Kier molecular flexibility index (Phi) is 4.43. The maximum Gasteiger partial charge on any atom is 0.264 e. The zero-order valence-electron chi connectivity index (χ0n) is 13.9. The quantitative estimate of drug-likeness (QED) is 0.833. The monoisotopic (exact) mass is 334 g/mol. The van der Waals surface area contributed by atoms with Crippen molar-refractivity contribution in [2.45, 2.75) is 38.6 Å². The Morgan fingerprint density at radius 2 is 2.00 bits per heavy atom. The first kappa shape index (κ1) is 15.6. The Morgan fingerprint density at radius 1 is 1.22 bits per heavy atom. The number of thiophene rings is 1. The molecule has 4 nitrogen and oxygen atoms in total. The molecule has 0 radical (unpaired) electrons. The molecule has 23 heavy (non-hydrogen) atoms. The van der Waals surface area contributed by atoms with Gasteiger partial charge in [0.1, 0.15) is 0 Å². The van der Waals surface area contributed by atoms with Crippen molar-refractivity contribution in [1.29, 1.82) is 0 Å². The Labute approximate surface area is 142 Å². The standard InChI is InChI=1S/C18H26N2O2S/c1-13-11-20(12-15(13)19-6-8-22-9-7-19)18(21)17-10-14-4-2-3-5-16(14)23-17/h10,13,15H,2-9,11-12H2,1H3/t13-,15-/m1/s1. The van der Waals surface area contributed by atoms with Crippen LogP contribution >= 0.6 is 11.3 Å². The molecule has 126 valence electrons. The maximum absolute atomic E-state index is 12.9. The average molecular weight is 334 g/mol. The van der Waals surface area contributed by atoms with E-state index in [-0.39, 0.29) is 5.91 Å². The topological polar surface area (TPSA) is 32.8 Å². The fourth-order valence-corrected chi connectivity index (χ4v) is 5.47. The summed E-state index contributed by atoms with van der Waals surface area (Å²) in [5.74, 6) is 0.804. The molecule has 1 aromatic rings. The van der Waals surface area contributed by atoms with Crippen molar-refractivity contribution in [3.8, 4) is 0 Å². The van der Waals surface area contributed by atoms with Crippen LogP contribution in [0, 0.1) is 5.92 Å². The number of fused-ring (bicyclic) bond motifs is 1. The van der Waals surface area contributed by atoms with E-state index in [2.05, 4.69) is 22.8 Å². The summed E-state index contributed by atoms with van der Waals surface area (Å²) in [6.45, 7) is 7.72. The van der Waals surface area contributed by atoms with E-state index in [0.29, 0.717) is 12.0 Å². The smallest absolute Gasteiger partial charge is 0.264 e. The van der Waals surface area contributed by atoms with Crippen LogP contribution in [0.1, 0.15) is 39.9 Å². The minimum absolute atomic E-state index is 0.256. The molecule has 0 unspecified atom stereocenters. The van der Waals surface area contributed by atoms with Crippen molar-refractivity contribution in [2.24, 2.45) is 5.92 Å². The van der Waals surface area contributed by atoms with Crippen molar-refractivity contribution in [3.05, 3.63) is 21.4 Å². The second-order valence-corrected chi connectivity index (χ2v) is 8.31. The normalized spacial score (nSPS) is 28.8. The van der Waals surface area contributed by atoms with E-state index in [4.69, 9.17) is 4.74 Å². The van der Waals surface area contributed by atoms with E-state index in [0.717, 1.165) is 50.7 Å². The van der Waals surface area contributed by atoms with Crippen LogP contribution in [0.2, 0.25) is 0 Å². The largest absolute Gasteiger partial charge is 0.379 e. The van der Waals surface area contributed by atoms with Crippen LogP contribution in [0.15, 0.2) is 6.07 Å². The van der Waals surface area contributed by atoms with Gasteiger partial charge in [0, 0.05) is 37.1 Å². The molecule has 3 aliphatic rings. The van der Waals surface area contributed by atoms with E-state index in [9.17, 15) is 4.79 Å². The molecule has 1 amide bonds. The van der Waals surface area contributed by atoms with Gasteiger partial charge < -0.3 is 9.64 Å². The third kappa shape index (κ3) is 3.06. The van der Waals surface area contributed by atoms with Gasteiger partial charge in [-0.05, 0) is 43.2 Å². The van der Waals surface area contributed by atoms with Crippen LogP contribution in [0.3, 0.4) is 0 Å². The zero-order chi connectivity index (χ0) is 15.8. The number of morpholine rings is 1. The van der Waals surface area contributed by atoms with Crippen molar-refractivity contribution >= 4 is 17.2 Å². The minimum atomic E-state index is 0.256. The lowest BCUT2D eigenvalue weighted by Gasteiger charge is -2.33. The van der Waals surface area contributed by atoms with Crippen molar-refractivity contribution in [2.75, 3.05) is 39.4 Å². The highest BCUT2D eigenvalue weighted by atomic mass is 32.1. The van der Waals surface area contributed by atoms with Crippen LogP contribution in [0.5, 0.6) is 0 Å². The summed E-state index contributed by atoms with van der Waals surface area (Å²) < 4.78 is 5.46. The summed E-state index contributed by atoms with van der Waals surface area (Å²) in [6, 6.07) is 2.67. The summed E-state index contributed by atoms with van der Waals surface area (Å²) in [7, 11) is 0. The van der Waals surface area contributed by atoms with Crippen molar-refractivity contribution in [1.82, 2.24) is 9.80 Å². The summed E-state index contributed by atoms with van der Waals surface area (Å²) in [5, 5.41) is 0. The molecule has 0 bridgehead atoms. The molecule has 4 rings (SSSR count). The minimum Gasteiger partial charge on any atom is -0.379 e. The molecule has 2 fully saturated rings. The second kappa shape index (κ2) is 6.54. The van der Waals surface area contributed by atoms with E-state index in [1.807, 2.05) is 0 Å². The molecule has 1 aliphatic carbocycles. The van der Waals surface area contributed by atoms with Gasteiger partial charge in [0.2, 0.25) is 0 Å². The Morgan fingerprint density at radius 3 is 2.78 bits per heavy atom. The highest BCUT2D eigenvalue weighted by Crippen LogP contribution is 2.32. The molecular weight excluding hydrogens is 308 g/mol. The van der Waals surface area contributed by atoms with Crippen molar-refractivity contribution in [3.63, 3.8) is 0 Å². The number of ether oxygens (including phenoxy) is 1. The molecule has 2 atom stereocenters. The second-order valence-electron chi connectivity index (χ2n) is 7.17. The predicted molar refractivity (Wildman–Crippen MR) is 92.2 cm³/mol. The number of hydrogen-bond acceptors (Lipinski definition) is 4. The third-order valence-electron chi connectivity index (χ3n) is 5.58. The van der Waals surface area contributed by atoms with Crippen LogP contribution in [0.25, 0.3) is 0 Å². The molecule has 0 N–H and O–H groups in total. The van der Waals surface area contributed by atoms with E-state index in [1.165, 1.54) is 29.7 Å². The third-order valence-corrected chi connectivity index (χ3v) is 6.81. The molecule has 0 aromatic carbocycles. The van der Waals surface area contributed by atoms with E-state index < -0.39 is 0 Å². The predicted octanol–water partition coefficient (Wildman–Crippen LogP) is 2.42. The number of hydrogen-bond donors (Lipinski definition) is 0. The number of rotatable bonds is 2. The SMILES string of the molecule is C[C@@H]1CN(C(=O)c2cc3c(s2)CCCC3)C[C@H]1N1CCOCC1. The van der Waals surface area contributed by atoms with E-state index >= 15 is 0 Å². The molecule has 3 heterocycles. The Hall–Kier alpha value is -0.910. The maximum atomic E-state index is 12.9. The van der Waals surface area contributed by atoms with Crippen LogP contribution in [-0.2, 0) is 17.6 Å². The fraction of sp³-hybridized carbons (Fsp3) is 0.722. The summed E-state index contributed by atoms with van der Waals surface area (Å²) in [4.78, 5) is 20.0. The molecule has 1 aromatic heterocycles. The van der Waals surface area contributed by atoms with Crippen LogP contribution in [-0.4, -0.2) is 61.1 Å². The van der Waals surface area contributed by atoms with Gasteiger partial charge in [0.25, 0.3) is 5.91 Å². The molecular formula is C18H26N2O2S. The van der Waals surface area contributed by atoms with Crippen LogP contribution < -0.4 is 0 Å². The van der Waals surface area contributed by atoms with Gasteiger partial charge >= 0.3 is 0 Å². The first-order valence-electron chi connectivity index (χ1n) is 8.95. The number of carbonyl (C=O) groups is 1. The van der Waals surface area contributed by atoms with Crippen LogP contribution in [0.4, 0.5) is 0 Å². The van der Waals surface area contributed by atoms with Gasteiger partial charge in [-0.3, -0.25) is 9.69 Å². The fourth-order valence-electron chi connectivity index (χ4n) is 4.25. The molecule has 2 aliphatic heterocycles. The van der Waals surface area contributed by atoms with E-state index in [1.54, 1.807) is 11.3 Å².